The summed E-state index contributed by atoms with van der Waals surface area (Å²) in [7, 11) is 0. The van der Waals surface area contributed by atoms with Crippen molar-refractivity contribution in [1.29, 1.82) is 0 Å². The molecule has 1 radical (unpaired) electrons. The average molecular weight is 782 g/mol. The molecule has 0 aliphatic heterocycles. The van der Waals surface area contributed by atoms with Crippen LogP contribution in [0.15, 0.2) is 83.7 Å². The van der Waals surface area contributed by atoms with Crippen LogP contribution in [0, 0.1) is 52.2 Å². The van der Waals surface area contributed by atoms with Crippen LogP contribution in [0.2, 0.25) is 0 Å². The smallest absolute Gasteiger partial charge is 0.130 e. The van der Waals surface area contributed by atoms with E-state index < -0.39 is 0 Å². The second kappa shape index (κ2) is 13.3. The number of furan rings is 1. The Kier molecular flexibility index (Phi) is 9.58. The molecule has 0 aliphatic rings. The predicted molar refractivity (Wildman–Crippen MR) is 186 cm³/mol. The van der Waals surface area contributed by atoms with Gasteiger partial charge in [0, 0.05) is 55.2 Å². The second-order valence-corrected chi connectivity index (χ2v) is 13.4. The predicted octanol–water partition coefficient (Wildman–Crippen LogP) is 10.7. The molecule has 0 saturated carbocycles. The maximum Gasteiger partial charge on any atom is 0.130 e. The summed E-state index contributed by atoms with van der Waals surface area (Å²) in [6, 6.07) is 27.5. The maximum atomic E-state index is 6.45. The summed E-state index contributed by atoms with van der Waals surface area (Å²) < 4.78 is 6.45. The first kappa shape index (κ1) is 33.2. The van der Waals surface area contributed by atoms with E-state index in [1.54, 1.807) is 0 Å². The van der Waals surface area contributed by atoms with Crippen LogP contribution in [0.4, 0.5) is 0 Å². The van der Waals surface area contributed by atoms with Crippen LogP contribution < -0.4 is 0 Å². The molecule has 0 fully saturated rings. The Hall–Kier alpha value is -4.18. The summed E-state index contributed by atoms with van der Waals surface area (Å²) in [4.78, 5) is 13.6. The third kappa shape index (κ3) is 6.96. The van der Waals surface area contributed by atoms with Crippen LogP contribution in [0.5, 0.6) is 0 Å². The molecule has 46 heavy (non-hydrogen) atoms. The molecule has 3 aromatic carbocycles. The number of aromatic nitrogens is 3. The summed E-state index contributed by atoms with van der Waals surface area (Å²) in [5.41, 5.74) is 13.1. The van der Waals surface area contributed by atoms with Crippen LogP contribution in [-0.4, -0.2) is 15.0 Å². The topological polar surface area (TPSA) is 51.8 Å². The Bertz CT molecular complexity index is 2170. The molecule has 4 heterocycles. The van der Waals surface area contributed by atoms with Gasteiger partial charge in [-0.2, -0.15) is 0 Å². The molecular formula is C41H39IrN3O-2. The van der Waals surface area contributed by atoms with Gasteiger partial charge in [-0.05, 0) is 73.5 Å². The Balaban J connectivity index is 0.000000220. The zero-order valence-corrected chi connectivity index (χ0v) is 30.2. The largest absolute Gasteiger partial charge is 0.500 e. The molecule has 0 unspecified atom stereocenters. The van der Waals surface area contributed by atoms with Crippen molar-refractivity contribution >= 4 is 32.7 Å². The molecule has 0 bridgehead atoms. The fourth-order valence-electron chi connectivity index (χ4n) is 5.62. The Labute approximate surface area is 285 Å². The minimum atomic E-state index is 0. The van der Waals surface area contributed by atoms with Gasteiger partial charge in [0.2, 0.25) is 0 Å². The first-order chi connectivity index (χ1) is 21.5. The Morgan fingerprint density at radius 1 is 0.674 bits per heavy atom. The molecule has 7 aromatic rings. The van der Waals surface area contributed by atoms with Gasteiger partial charge >= 0.3 is 0 Å². The van der Waals surface area contributed by atoms with Gasteiger partial charge in [0.25, 0.3) is 0 Å². The van der Waals surface area contributed by atoms with Gasteiger partial charge in [-0.15, -0.1) is 53.6 Å². The van der Waals surface area contributed by atoms with Crippen molar-refractivity contribution < 1.29 is 24.5 Å². The van der Waals surface area contributed by atoms with Crippen molar-refractivity contribution in [3.05, 3.63) is 125 Å². The molecule has 235 valence electrons. The van der Waals surface area contributed by atoms with E-state index in [0.29, 0.717) is 0 Å². The van der Waals surface area contributed by atoms with Gasteiger partial charge in [0.1, 0.15) is 5.58 Å². The monoisotopic (exact) mass is 782 g/mol. The van der Waals surface area contributed by atoms with Crippen LogP contribution >= 0.6 is 0 Å². The number of rotatable bonds is 3. The van der Waals surface area contributed by atoms with Gasteiger partial charge < -0.3 is 14.4 Å². The molecule has 0 saturated heterocycles. The molecule has 4 aromatic heterocycles. The summed E-state index contributed by atoms with van der Waals surface area (Å²) >= 11 is 0. The van der Waals surface area contributed by atoms with E-state index in [9.17, 15) is 0 Å². The first-order valence-corrected chi connectivity index (χ1v) is 15.5. The summed E-state index contributed by atoms with van der Waals surface area (Å²) in [5.74, 6) is 0. The third-order valence-electron chi connectivity index (χ3n) is 8.24. The fraction of sp³-hybridized carbons (Fsp3) is 0.244. The third-order valence-corrected chi connectivity index (χ3v) is 8.24. The number of fused-ring (bicyclic) bond motifs is 5. The number of pyridine rings is 3. The van der Waals surface area contributed by atoms with E-state index in [1.165, 1.54) is 27.8 Å². The zero-order valence-electron chi connectivity index (χ0n) is 27.8. The fourth-order valence-corrected chi connectivity index (χ4v) is 5.62. The van der Waals surface area contributed by atoms with Gasteiger partial charge in [-0.1, -0.05) is 74.0 Å². The van der Waals surface area contributed by atoms with Crippen molar-refractivity contribution in [1.82, 2.24) is 15.0 Å². The SMILES string of the molecule is Cc1c[c-]c(-c2cc(C)c(C)cn2)cc1.Cc1cc2ccc3c4cc[c-]c(-c5cc(CC(C)(C)C)c(C)cn5)c4oc3c2cn1.[Ir]. The number of nitrogens with zero attached hydrogens (tertiary/aromatic N) is 3. The number of benzene rings is 3. The van der Waals surface area contributed by atoms with Gasteiger partial charge in [0.05, 0.1) is 5.58 Å². The minimum Gasteiger partial charge on any atom is -0.500 e. The molecule has 0 amide bonds. The van der Waals surface area contributed by atoms with E-state index in [4.69, 9.17) is 9.40 Å². The number of hydrogen-bond donors (Lipinski definition) is 0. The molecule has 0 atom stereocenters. The summed E-state index contributed by atoms with van der Waals surface area (Å²) in [6.07, 6.45) is 6.79. The van der Waals surface area contributed by atoms with Crippen molar-refractivity contribution in [2.24, 2.45) is 5.41 Å². The van der Waals surface area contributed by atoms with Crippen LogP contribution in [0.3, 0.4) is 0 Å². The van der Waals surface area contributed by atoms with E-state index in [2.05, 4.69) is 119 Å². The first-order valence-electron chi connectivity index (χ1n) is 15.5. The zero-order chi connectivity index (χ0) is 31.9. The van der Waals surface area contributed by atoms with E-state index in [1.807, 2.05) is 37.6 Å². The normalized spacial score (nSPS) is 11.4. The molecule has 4 nitrogen and oxygen atoms in total. The maximum absolute atomic E-state index is 6.45. The molecule has 0 N–H and O–H groups in total. The average Bonchev–Trinajstić information content (AvgIpc) is 3.39. The van der Waals surface area contributed by atoms with Crippen LogP contribution in [-0.2, 0) is 26.5 Å². The van der Waals surface area contributed by atoms with E-state index in [0.717, 1.165) is 67.3 Å². The van der Waals surface area contributed by atoms with E-state index >= 15 is 0 Å². The van der Waals surface area contributed by atoms with Crippen molar-refractivity contribution in [2.75, 3.05) is 0 Å². The molecule has 0 aliphatic carbocycles. The van der Waals surface area contributed by atoms with Gasteiger partial charge in [-0.25, -0.2) is 0 Å². The molecular weight excluding hydrogens is 743 g/mol. The van der Waals surface area contributed by atoms with Crippen LogP contribution in [0.25, 0.3) is 55.2 Å². The van der Waals surface area contributed by atoms with Crippen LogP contribution in [0.1, 0.15) is 54.3 Å². The number of hydrogen-bond acceptors (Lipinski definition) is 4. The molecule has 0 spiro atoms. The summed E-state index contributed by atoms with van der Waals surface area (Å²) in [5, 5.41) is 4.35. The molecule has 7 rings (SSSR count). The van der Waals surface area contributed by atoms with Gasteiger partial charge in [0.15, 0.2) is 0 Å². The van der Waals surface area contributed by atoms with Crippen molar-refractivity contribution in [3.8, 4) is 22.5 Å². The van der Waals surface area contributed by atoms with Crippen molar-refractivity contribution in [3.63, 3.8) is 0 Å². The number of aryl methyl sites for hydroxylation is 5. The summed E-state index contributed by atoms with van der Waals surface area (Å²) in [6.45, 7) is 17.2. The Morgan fingerprint density at radius 2 is 1.41 bits per heavy atom. The minimum absolute atomic E-state index is 0. The standard InChI is InChI=1S/C27H25N2O.C14H14N.Ir/c1-16-14-29-24(12-19(16)13-27(3,4)5)22-8-6-7-20-21-10-9-18-11-17(2)28-15-23(18)26(21)30-25(20)22;1-10-4-6-13(7-5-10)14-8-11(2)12(3)9-15-14;/h6-7,9-12,14-15H,13H2,1-5H3;4-6,8-9H,1-3H3;/q2*-1;. The van der Waals surface area contributed by atoms with E-state index in [-0.39, 0.29) is 25.5 Å². The molecule has 5 heteroatoms. The Morgan fingerprint density at radius 3 is 2.13 bits per heavy atom. The second-order valence-electron chi connectivity index (χ2n) is 13.4. The van der Waals surface area contributed by atoms with Crippen molar-refractivity contribution in [2.45, 2.75) is 61.8 Å². The van der Waals surface area contributed by atoms with Gasteiger partial charge in [-0.3, -0.25) is 4.98 Å². The quantitative estimate of drug-likeness (QED) is 0.168.